The molecule has 0 saturated carbocycles. The lowest BCUT2D eigenvalue weighted by atomic mass is 10.1. The molecule has 4 heteroatoms. The highest BCUT2D eigenvalue weighted by atomic mass is 19.1. The van der Waals surface area contributed by atoms with Gasteiger partial charge in [-0.2, -0.15) is 5.10 Å². The lowest BCUT2D eigenvalue weighted by Gasteiger charge is -2.14. The van der Waals surface area contributed by atoms with Crippen LogP contribution in [-0.2, 0) is 13.5 Å². The zero-order chi connectivity index (χ0) is 14.7. The fraction of sp³-hybridized carbons (Fsp3) is 0.438. The van der Waals surface area contributed by atoms with Gasteiger partial charge in [-0.05, 0) is 51.4 Å². The maximum atomic E-state index is 13.1. The maximum absolute atomic E-state index is 13.1. The number of hydrogen-bond donors (Lipinski definition) is 1. The molecule has 1 aromatic carbocycles. The van der Waals surface area contributed by atoms with Crippen molar-refractivity contribution in [1.29, 1.82) is 0 Å². The summed E-state index contributed by atoms with van der Waals surface area (Å²) in [5, 5.41) is 7.92. The number of aryl methyl sites for hydroxylation is 2. The molecule has 0 saturated heterocycles. The van der Waals surface area contributed by atoms with Crippen molar-refractivity contribution in [2.75, 3.05) is 6.54 Å². The molecule has 1 heterocycles. The first-order chi connectivity index (χ1) is 9.49. The molecule has 2 aromatic rings. The van der Waals surface area contributed by atoms with E-state index < -0.39 is 0 Å². The normalized spacial score (nSPS) is 12.7. The third-order valence-electron chi connectivity index (χ3n) is 3.75. The van der Waals surface area contributed by atoms with Gasteiger partial charge in [0.15, 0.2) is 0 Å². The standard InChI is InChI=1S/C16H22FN3/c1-11(16-12(2)19-20(4)13(16)3)18-9-8-14-6-5-7-15(17)10-14/h5-7,10-11,18H,8-9H2,1-4H3. The third kappa shape index (κ3) is 3.25. The summed E-state index contributed by atoms with van der Waals surface area (Å²) in [6.45, 7) is 7.08. The third-order valence-corrected chi connectivity index (χ3v) is 3.75. The van der Waals surface area contributed by atoms with Crippen molar-refractivity contribution >= 4 is 0 Å². The molecule has 1 N–H and O–H groups in total. The number of hydrogen-bond acceptors (Lipinski definition) is 2. The van der Waals surface area contributed by atoms with Gasteiger partial charge < -0.3 is 5.32 Å². The van der Waals surface area contributed by atoms with Gasteiger partial charge in [-0.15, -0.1) is 0 Å². The highest BCUT2D eigenvalue weighted by Crippen LogP contribution is 2.20. The van der Waals surface area contributed by atoms with E-state index >= 15 is 0 Å². The van der Waals surface area contributed by atoms with Crippen LogP contribution >= 0.6 is 0 Å². The van der Waals surface area contributed by atoms with Gasteiger partial charge in [0.2, 0.25) is 0 Å². The predicted octanol–water partition coefficient (Wildman–Crippen LogP) is 3.07. The Morgan fingerprint density at radius 1 is 1.35 bits per heavy atom. The molecule has 0 aliphatic rings. The second-order valence-electron chi connectivity index (χ2n) is 5.26. The van der Waals surface area contributed by atoms with Crippen molar-refractivity contribution in [3.63, 3.8) is 0 Å². The van der Waals surface area contributed by atoms with Crippen LogP contribution in [0.5, 0.6) is 0 Å². The number of benzene rings is 1. The minimum Gasteiger partial charge on any atom is -0.310 e. The van der Waals surface area contributed by atoms with Crippen LogP contribution in [0.3, 0.4) is 0 Å². The van der Waals surface area contributed by atoms with Crippen molar-refractivity contribution in [1.82, 2.24) is 15.1 Å². The van der Waals surface area contributed by atoms with E-state index in [1.807, 2.05) is 24.7 Å². The van der Waals surface area contributed by atoms with Crippen LogP contribution in [0.15, 0.2) is 24.3 Å². The molecular formula is C16H22FN3. The fourth-order valence-electron chi connectivity index (χ4n) is 2.64. The Hall–Kier alpha value is -1.68. The quantitative estimate of drug-likeness (QED) is 0.909. The molecule has 0 aliphatic heterocycles. The second kappa shape index (κ2) is 6.18. The van der Waals surface area contributed by atoms with Gasteiger partial charge in [0.05, 0.1) is 5.69 Å². The Kier molecular flexibility index (Phi) is 4.55. The van der Waals surface area contributed by atoms with Crippen LogP contribution in [0.2, 0.25) is 0 Å². The van der Waals surface area contributed by atoms with E-state index in [0.717, 1.165) is 24.2 Å². The highest BCUT2D eigenvalue weighted by molar-refractivity contribution is 5.27. The number of rotatable bonds is 5. The Morgan fingerprint density at radius 2 is 2.10 bits per heavy atom. The second-order valence-corrected chi connectivity index (χ2v) is 5.26. The SMILES string of the molecule is Cc1nn(C)c(C)c1C(C)NCCc1cccc(F)c1. The molecule has 3 nitrogen and oxygen atoms in total. The van der Waals surface area contributed by atoms with E-state index in [1.54, 1.807) is 12.1 Å². The van der Waals surface area contributed by atoms with Crippen molar-refractivity contribution in [2.45, 2.75) is 33.2 Å². The van der Waals surface area contributed by atoms with Crippen molar-refractivity contribution < 1.29 is 4.39 Å². The van der Waals surface area contributed by atoms with E-state index in [0.29, 0.717) is 0 Å². The van der Waals surface area contributed by atoms with Gasteiger partial charge in [0.1, 0.15) is 5.82 Å². The first-order valence-electron chi connectivity index (χ1n) is 6.97. The number of nitrogens with zero attached hydrogens (tertiary/aromatic N) is 2. The first kappa shape index (κ1) is 14.7. The van der Waals surface area contributed by atoms with Gasteiger partial charge in [-0.1, -0.05) is 12.1 Å². The van der Waals surface area contributed by atoms with Crippen LogP contribution in [-0.4, -0.2) is 16.3 Å². The van der Waals surface area contributed by atoms with Crippen molar-refractivity contribution in [2.24, 2.45) is 7.05 Å². The lowest BCUT2D eigenvalue weighted by molar-refractivity contribution is 0.569. The molecule has 0 bridgehead atoms. The average molecular weight is 275 g/mol. The van der Waals surface area contributed by atoms with E-state index in [1.165, 1.54) is 17.3 Å². The fourth-order valence-corrected chi connectivity index (χ4v) is 2.64. The summed E-state index contributed by atoms with van der Waals surface area (Å²) < 4.78 is 15.0. The van der Waals surface area contributed by atoms with Crippen LogP contribution in [0.4, 0.5) is 4.39 Å². The summed E-state index contributed by atoms with van der Waals surface area (Å²) in [5.74, 6) is -0.172. The smallest absolute Gasteiger partial charge is 0.123 e. The molecule has 2 rings (SSSR count). The van der Waals surface area contributed by atoms with E-state index in [9.17, 15) is 4.39 Å². The van der Waals surface area contributed by atoms with Crippen LogP contribution in [0.1, 0.15) is 35.5 Å². The Labute approximate surface area is 119 Å². The van der Waals surface area contributed by atoms with Crippen LogP contribution < -0.4 is 5.32 Å². The molecular weight excluding hydrogens is 253 g/mol. The number of halogens is 1. The Bertz CT molecular complexity index is 589. The van der Waals surface area contributed by atoms with E-state index in [4.69, 9.17) is 0 Å². The monoisotopic (exact) mass is 275 g/mol. The Balaban J connectivity index is 1.94. The van der Waals surface area contributed by atoms with Gasteiger partial charge >= 0.3 is 0 Å². The van der Waals surface area contributed by atoms with Crippen molar-refractivity contribution in [3.8, 4) is 0 Å². The summed E-state index contributed by atoms with van der Waals surface area (Å²) in [4.78, 5) is 0. The van der Waals surface area contributed by atoms with E-state index in [-0.39, 0.29) is 11.9 Å². The number of aromatic nitrogens is 2. The van der Waals surface area contributed by atoms with Crippen LogP contribution in [0.25, 0.3) is 0 Å². The van der Waals surface area contributed by atoms with Gasteiger partial charge in [0, 0.05) is 24.3 Å². The molecule has 0 spiro atoms. The average Bonchev–Trinajstić information content (AvgIpc) is 2.63. The van der Waals surface area contributed by atoms with Gasteiger partial charge in [0.25, 0.3) is 0 Å². The zero-order valence-corrected chi connectivity index (χ0v) is 12.6. The molecule has 108 valence electrons. The summed E-state index contributed by atoms with van der Waals surface area (Å²) >= 11 is 0. The largest absolute Gasteiger partial charge is 0.310 e. The molecule has 20 heavy (non-hydrogen) atoms. The number of nitrogens with one attached hydrogen (secondary N) is 1. The molecule has 0 aliphatic carbocycles. The summed E-state index contributed by atoms with van der Waals surface area (Å²) in [6.07, 6.45) is 0.820. The van der Waals surface area contributed by atoms with Gasteiger partial charge in [-0.3, -0.25) is 4.68 Å². The molecule has 0 radical (unpaired) electrons. The summed E-state index contributed by atoms with van der Waals surface area (Å²) in [5.41, 5.74) is 4.53. The topological polar surface area (TPSA) is 29.9 Å². The summed E-state index contributed by atoms with van der Waals surface area (Å²) in [6, 6.07) is 7.02. The minimum atomic E-state index is -0.172. The minimum absolute atomic E-state index is 0.172. The molecule has 1 atom stereocenters. The van der Waals surface area contributed by atoms with Crippen LogP contribution in [0, 0.1) is 19.7 Å². The van der Waals surface area contributed by atoms with Crippen molar-refractivity contribution in [3.05, 3.63) is 52.6 Å². The first-order valence-corrected chi connectivity index (χ1v) is 6.97. The zero-order valence-electron chi connectivity index (χ0n) is 12.6. The molecule has 1 unspecified atom stereocenters. The summed E-state index contributed by atoms with van der Waals surface area (Å²) in [7, 11) is 1.96. The molecule has 0 fully saturated rings. The Morgan fingerprint density at radius 3 is 2.70 bits per heavy atom. The molecule has 0 amide bonds. The predicted molar refractivity (Wildman–Crippen MR) is 79.2 cm³/mol. The lowest BCUT2D eigenvalue weighted by Crippen LogP contribution is -2.22. The highest BCUT2D eigenvalue weighted by Gasteiger charge is 2.15. The van der Waals surface area contributed by atoms with E-state index in [2.05, 4.69) is 24.3 Å². The van der Waals surface area contributed by atoms with Gasteiger partial charge in [-0.25, -0.2) is 4.39 Å². The maximum Gasteiger partial charge on any atom is 0.123 e. The molecule has 1 aromatic heterocycles.